The first-order chi connectivity index (χ1) is 29.1. The molecular formula is C48H72O14. The van der Waals surface area contributed by atoms with Crippen LogP contribution in [0.1, 0.15) is 110 Å². The van der Waals surface area contributed by atoms with Crippen molar-refractivity contribution in [1.29, 1.82) is 0 Å². The van der Waals surface area contributed by atoms with Gasteiger partial charge in [0.1, 0.15) is 48.8 Å². The number of fused-ring (bicyclic) bond motifs is 7. The third kappa shape index (κ3) is 7.08. The summed E-state index contributed by atoms with van der Waals surface area (Å²) in [6.07, 6.45) is -6.62. The molecule has 2 saturated heterocycles. The molecule has 1 aromatic carbocycles. The number of aliphatic hydroxyl groups is 8. The normalized spacial score (nSPS) is 49.6. The lowest BCUT2D eigenvalue weighted by molar-refractivity contribution is -0.357. The number of carbonyl (C=O) groups is 1. The van der Waals surface area contributed by atoms with Crippen molar-refractivity contribution in [2.24, 2.45) is 50.2 Å². The van der Waals surface area contributed by atoms with Gasteiger partial charge in [-0.15, -0.1) is 0 Å². The highest BCUT2D eigenvalue weighted by Crippen LogP contribution is 2.76. The van der Waals surface area contributed by atoms with Crippen LogP contribution >= 0.6 is 0 Å². The molecule has 0 bridgehead atoms. The van der Waals surface area contributed by atoms with E-state index in [9.17, 15) is 45.6 Å². The van der Waals surface area contributed by atoms with Crippen molar-refractivity contribution in [1.82, 2.24) is 0 Å². The van der Waals surface area contributed by atoms with Crippen LogP contribution in [0.5, 0.6) is 0 Å². The van der Waals surface area contributed by atoms with Crippen LogP contribution in [0.15, 0.2) is 42.0 Å². The van der Waals surface area contributed by atoms with Crippen LogP contribution in [-0.4, -0.2) is 140 Å². The number of hydrogen-bond donors (Lipinski definition) is 8. The first-order valence-corrected chi connectivity index (χ1v) is 22.9. The molecule has 6 fully saturated rings. The highest BCUT2D eigenvalue weighted by molar-refractivity contribution is 5.89. The van der Waals surface area contributed by atoms with E-state index in [4.69, 9.17) is 23.7 Å². The molecule has 8 rings (SSSR count). The van der Waals surface area contributed by atoms with Crippen molar-refractivity contribution < 1.29 is 69.3 Å². The van der Waals surface area contributed by atoms with E-state index in [2.05, 4.69) is 54.5 Å². The topological polar surface area (TPSA) is 225 Å². The summed E-state index contributed by atoms with van der Waals surface area (Å²) in [5.41, 5.74) is -0.596. The Hall–Kier alpha value is -2.05. The average molecular weight is 873 g/mol. The Morgan fingerprint density at radius 2 is 1.48 bits per heavy atom. The summed E-state index contributed by atoms with van der Waals surface area (Å²) in [5, 5.41) is 87.2. The lowest BCUT2D eigenvalue weighted by Gasteiger charge is -2.72. The second-order valence-electron chi connectivity index (χ2n) is 22.2. The minimum absolute atomic E-state index is 0.117. The van der Waals surface area contributed by atoms with E-state index in [1.807, 2.05) is 6.07 Å². The van der Waals surface area contributed by atoms with Gasteiger partial charge < -0.3 is 64.5 Å². The minimum Gasteiger partial charge on any atom is -0.458 e. The Balaban J connectivity index is 1.02. The number of esters is 1. The molecule has 4 saturated carbocycles. The molecule has 1 aromatic rings. The van der Waals surface area contributed by atoms with Crippen molar-refractivity contribution in [2.45, 2.75) is 173 Å². The Morgan fingerprint density at radius 3 is 2.16 bits per heavy atom. The van der Waals surface area contributed by atoms with E-state index in [-0.39, 0.29) is 64.1 Å². The highest BCUT2D eigenvalue weighted by Gasteiger charge is 2.72. The predicted octanol–water partition coefficient (Wildman–Crippen LogP) is 3.24. The van der Waals surface area contributed by atoms with Gasteiger partial charge in [0, 0.05) is 0 Å². The first kappa shape index (κ1) is 46.5. The molecule has 0 amide bonds. The van der Waals surface area contributed by atoms with E-state index in [1.165, 1.54) is 5.57 Å². The molecule has 14 heteroatoms. The maximum absolute atomic E-state index is 13.6. The third-order valence-corrected chi connectivity index (χ3v) is 18.2. The standard InChI is InChI=1S/C48H72O14/c1-43(2)19-27-26-13-14-31-45(5)17-16-33(61-41-38(56)39(28(51)23-58-41)62-42-37(55)36(54)35(53)29(22-49)59-42)44(3,4)30(45)15-18-46(31,6)47(26,7)20-32(52)48(27,24-50)34(21-43)60-40(57)25-11-9-8-10-12-25/h8-13,27-39,41-42,49-56H,14-24H2,1-7H3/t27?,28-,29-,30?,31?,32+,33+,34-,35-,36+,37-,38-,39+,41+,42+,45+,46-,47-,48+/m1/s1. The fourth-order valence-electron chi connectivity index (χ4n) is 14.6. The number of ether oxygens (including phenoxy) is 5. The molecule has 0 radical (unpaired) electrons. The van der Waals surface area contributed by atoms with Crippen molar-refractivity contribution in [3.8, 4) is 0 Å². The van der Waals surface area contributed by atoms with E-state index < -0.39 is 85.5 Å². The average Bonchev–Trinajstić information content (AvgIpc) is 3.21. The number of hydrogen-bond acceptors (Lipinski definition) is 14. The number of allylic oxidation sites excluding steroid dienone is 2. The summed E-state index contributed by atoms with van der Waals surface area (Å²) < 4.78 is 30.3. The Bertz CT molecular complexity index is 1820. The molecule has 0 aromatic heterocycles. The fraction of sp³-hybridized carbons (Fsp3) is 0.812. The molecule has 3 unspecified atom stereocenters. The molecule has 0 spiro atoms. The molecule has 348 valence electrons. The van der Waals surface area contributed by atoms with Crippen LogP contribution in [0, 0.1) is 50.2 Å². The molecule has 2 aliphatic heterocycles. The highest BCUT2D eigenvalue weighted by atomic mass is 16.7. The smallest absolute Gasteiger partial charge is 0.338 e. The van der Waals surface area contributed by atoms with Crippen LogP contribution in [0.2, 0.25) is 0 Å². The molecular weight excluding hydrogens is 801 g/mol. The summed E-state index contributed by atoms with van der Waals surface area (Å²) in [7, 11) is 0. The van der Waals surface area contributed by atoms with Crippen LogP contribution in [0.3, 0.4) is 0 Å². The number of carbonyl (C=O) groups excluding carboxylic acids is 1. The Kier molecular flexibility index (Phi) is 12.3. The van der Waals surface area contributed by atoms with Gasteiger partial charge >= 0.3 is 5.97 Å². The van der Waals surface area contributed by atoms with E-state index in [0.717, 1.165) is 32.1 Å². The number of aliphatic hydroxyl groups excluding tert-OH is 8. The van der Waals surface area contributed by atoms with Crippen molar-refractivity contribution >= 4 is 5.97 Å². The summed E-state index contributed by atoms with van der Waals surface area (Å²) in [6.45, 7) is 14.9. The zero-order valence-electron chi connectivity index (χ0n) is 37.4. The number of benzene rings is 1. The first-order valence-electron chi connectivity index (χ1n) is 22.9. The van der Waals surface area contributed by atoms with Gasteiger partial charge in [0.05, 0.1) is 43.0 Å². The Labute approximate surface area is 365 Å². The number of rotatable bonds is 8. The summed E-state index contributed by atoms with van der Waals surface area (Å²) >= 11 is 0. The van der Waals surface area contributed by atoms with Gasteiger partial charge in [0.2, 0.25) is 0 Å². The zero-order chi connectivity index (χ0) is 44.9. The maximum Gasteiger partial charge on any atom is 0.338 e. The minimum atomic E-state index is -1.71. The van der Waals surface area contributed by atoms with Crippen LogP contribution in [0.4, 0.5) is 0 Å². The van der Waals surface area contributed by atoms with Crippen molar-refractivity contribution in [3.63, 3.8) is 0 Å². The summed E-state index contributed by atoms with van der Waals surface area (Å²) in [4.78, 5) is 13.6. The lowest BCUT2D eigenvalue weighted by Crippen LogP contribution is -2.69. The van der Waals surface area contributed by atoms with Crippen molar-refractivity contribution in [3.05, 3.63) is 47.5 Å². The molecule has 2 heterocycles. The lowest BCUT2D eigenvalue weighted by atomic mass is 9.33. The molecule has 8 N–H and O–H groups in total. The van der Waals surface area contributed by atoms with E-state index >= 15 is 0 Å². The molecule has 7 aliphatic rings. The van der Waals surface area contributed by atoms with Gasteiger partial charge in [-0.1, -0.05) is 78.3 Å². The molecule has 19 atom stereocenters. The van der Waals surface area contributed by atoms with Crippen molar-refractivity contribution in [2.75, 3.05) is 19.8 Å². The molecule has 5 aliphatic carbocycles. The second kappa shape index (κ2) is 16.4. The van der Waals surface area contributed by atoms with Gasteiger partial charge in [0.25, 0.3) is 0 Å². The van der Waals surface area contributed by atoms with Gasteiger partial charge in [0.15, 0.2) is 12.6 Å². The zero-order valence-corrected chi connectivity index (χ0v) is 37.4. The summed E-state index contributed by atoms with van der Waals surface area (Å²) in [5.74, 6) is -0.139. The van der Waals surface area contributed by atoms with Gasteiger partial charge in [-0.05, 0) is 108 Å². The van der Waals surface area contributed by atoms with Crippen LogP contribution in [0.25, 0.3) is 0 Å². The van der Waals surface area contributed by atoms with E-state index in [0.29, 0.717) is 24.8 Å². The van der Waals surface area contributed by atoms with Gasteiger partial charge in [-0.2, -0.15) is 0 Å². The SMILES string of the molecule is CC1(C)CC2C3=CCC4[C@@]5(C)CC[C@H](O[C@@H]6OC[C@@H](O)[C@H](O[C@@H]7O[C@H](CO)[C@@H](O)[C@H](O)[C@H]7O)[C@H]6O)C(C)(C)C5CC[C@@]4(C)[C@]3(C)C[C@H](O)[C@@]2(CO)[C@H](OC(=O)c2ccccc2)C1. The second-order valence-corrected chi connectivity index (χ2v) is 22.2. The third-order valence-electron chi connectivity index (χ3n) is 18.2. The molecule has 62 heavy (non-hydrogen) atoms. The molecule has 14 nitrogen and oxygen atoms in total. The van der Waals surface area contributed by atoms with E-state index in [1.54, 1.807) is 24.3 Å². The quantitative estimate of drug-likeness (QED) is 0.107. The largest absolute Gasteiger partial charge is 0.458 e. The Morgan fingerprint density at radius 1 is 0.774 bits per heavy atom. The van der Waals surface area contributed by atoms with Gasteiger partial charge in [-0.3, -0.25) is 0 Å². The fourth-order valence-corrected chi connectivity index (χ4v) is 14.6. The predicted molar refractivity (Wildman–Crippen MR) is 224 cm³/mol. The van der Waals surface area contributed by atoms with Crippen LogP contribution in [-0.2, 0) is 23.7 Å². The maximum atomic E-state index is 13.6. The van der Waals surface area contributed by atoms with Gasteiger partial charge in [-0.25, -0.2) is 4.79 Å². The summed E-state index contributed by atoms with van der Waals surface area (Å²) in [6, 6.07) is 8.92. The monoisotopic (exact) mass is 872 g/mol. The van der Waals surface area contributed by atoms with Crippen LogP contribution < -0.4 is 0 Å².